The highest BCUT2D eigenvalue weighted by molar-refractivity contribution is 6.31. The lowest BCUT2D eigenvalue weighted by molar-refractivity contribution is 0.386. The molecule has 0 amide bonds. The molecule has 2 aliphatic rings. The molecule has 0 saturated carbocycles. The van der Waals surface area contributed by atoms with Crippen LogP contribution in [0.3, 0.4) is 0 Å². The van der Waals surface area contributed by atoms with Crippen LogP contribution in [0.15, 0.2) is 36.5 Å². The van der Waals surface area contributed by atoms with E-state index in [-0.39, 0.29) is 0 Å². The zero-order valence-corrected chi connectivity index (χ0v) is 14.8. The predicted octanol–water partition coefficient (Wildman–Crippen LogP) is 4.21. The number of nitrogens with zero attached hydrogens (tertiary/aromatic N) is 4. The summed E-state index contributed by atoms with van der Waals surface area (Å²) in [6, 6.07) is 10.0. The van der Waals surface area contributed by atoms with E-state index >= 15 is 0 Å². The Kier molecular flexibility index (Phi) is 3.66. The molecule has 0 aliphatic carbocycles. The minimum Gasteiger partial charge on any atom is -0.330 e. The molecule has 24 heavy (non-hydrogen) atoms. The number of fused-ring (bicyclic) bond motifs is 5. The van der Waals surface area contributed by atoms with Gasteiger partial charge in [-0.05, 0) is 51.4 Å². The van der Waals surface area contributed by atoms with Crippen LogP contribution in [0.4, 0.5) is 0 Å². The lowest BCUT2D eigenvalue weighted by Crippen LogP contribution is -2.19. The van der Waals surface area contributed by atoms with Crippen molar-refractivity contribution in [2.75, 3.05) is 20.6 Å². The van der Waals surface area contributed by atoms with Crippen LogP contribution < -0.4 is 0 Å². The SMILES string of the molecule is Cc1ccc2c3nc4ccc(Cl)cc4c-3cn(CCN(C)C)c2n1. The summed E-state index contributed by atoms with van der Waals surface area (Å²) in [6.07, 6.45) is 2.17. The molecule has 122 valence electrons. The Balaban J connectivity index is 2.05. The molecule has 0 fully saturated rings. The largest absolute Gasteiger partial charge is 0.330 e. The highest BCUT2D eigenvalue weighted by Gasteiger charge is 2.18. The molecule has 3 heterocycles. The van der Waals surface area contributed by atoms with Crippen LogP contribution in [-0.2, 0) is 6.54 Å². The van der Waals surface area contributed by atoms with Gasteiger partial charge in [0.05, 0.1) is 11.2 Å². The maximum Gasteiger partial charge on any atom is 0.142 e. The molecular weight excluding hydrogens is 320 g/mol. The summed E-state index contributed by atoms with van der Waals surface area (Å²) in [5, 5.41) is 2.92. The van der Waals surface area contributed by atoms with E-state index in [0.717, 1.165) is 57.0 Å². The molecule has 4 nitrogen and oxygen atoms in total. The van der Waals surface area contributed by atoms with Crippen molar-refractivity contribution >= 4 is 33.5 Å². The minimum absolute atomic E-state index is 0.735. The molecular formula is C19H19ClN4. The molecule has 2 aromatic rings. The summed E-state index contributed by atoms with van der Waals surface area (Å²) in [7, 11) is 4.17. The van der Waals surface area contributed by atoms with Crippen LogP contribution in [0.5, 0.6) is 0 Å². The van der Waals surface area contributed by atoms with E-state index in [4.69, 9.17) is 21.6 Å². The van der Waals surface area contributed by atoms with Gasteiger partial charge >= 0.3 is 0 Å². The number of halogens is 1. The first-order valence-electron chi connectivity index (χ1n) is 8.03. The molecule has 0 spiro atoms. The second kappa shape index (κ2) is 5.72. The summed E-state index contributed by atoms with van der Waals surface area (Å²) in [6.45, 7) is 3.85. The van der Waals surface area contributed by atoms with Crippen molar-refractivity contribution < 1.29 is 0 Å². The zero-order chi connectivity index (χ0) is 16.8. The van der Waals surface area contributed by atoms with Crippen LogP contribution in [0.2, 0.25) is 5.02 Å². The molecule has 0 saturated heterocycles. The standard InChI is InChI=1S/C19H19ClN4/c1-12-4-6-14-18-16(15-10-13(20)5-7-17(15)22-18)11-24(19(14)21-12)9-8-23(2)3/h4-7,10-11H,8-9H2,1-3H3. The molecule has 1 aromatic heterocycles. The lowest BCUT2D eigenvalue weighted by atomic mass is 10.1. The Morgan fingerprint density at radius 2 is 1.92 bits per heavy atom. The first-order chi connectivity index (χ1) is 11.5. The molecule has 0 atom stereocenters. The first kappa shape index (κ1) is 15.4. The van der Waals surface area contributed by atoms with Crippen molar-refractivity contribution in [3.63, 3.8) is 0 Å². The summed E-state index contributed by atoms with van der Waals surface area (Å²) in [4.78, 5) is 11.8. The topological polar surface area (TPSA) is 34.0 Å². The van der Waals surface area contributed by atoms with E-state index in [0.29, 0.717) is 0 Å². The molecule has 0 radical (unpaired) electrons. The number of benzene rings is 1. The Morgan fingerprint density at radius 1 is 1.08 bits per heavy atom. The molecule has 0 unspecified atom stereocenters. The van der Waals surface area contributed by atoms with E-state index in [1.165, 1.54) is 0 Å². The Morgan fingerprint density at radius 3 is 2.71 bits per heavy atom. The molecule has 1 aromatic carbocycles. The Bertz CT molecular complexity index is 1020. The van der Waals surface area contributed by atoms with Crippen molar-refractivity contribution in [1.82, 2.24) is 19.4 Å². The number of aryl methyl sites for hydroxylation is 1. The number of rotatable bonds is 3. The van der Waals surface area contributed by atoms with E-state index in [1.807, 2.05) is 31.2 Å². The van der Waals surface area contributed by atoms with Gasteiger partial charge in [0.1, 0.15) is 5.65 Å². The van der Waals surface area contributed by atoms with Gasteiger partial charge in [0.2, 0.25) is 0 Å². The number of pyridine rings is 2. The average molecular weight is 339 g/mol. The normalized spacial score (nSPS) is 12.0. The third-order valence-electron chi connectivity index (χ3n) is 4.35. The third kappa shape index (κ3) is 2.52. The van der Waals surface area contributed by atoms with Crippen molar-refractivity contribution in [3.8, 4) is 11.3 Å². The maximum atomic E-state index is 6.20. The van der Waals surface area contributed by atoms with Gasteiger partial charge in [0, 0.05) is 46.3 Å². The third-order valence-corrected chi connectivity index (χ3v) is 4.59. The number of likely N-dealkylation sites (N-methyl/N-ethyl adjacent to an activating group) is 1. The minimum atomic E-state index is 0.735. The second-order valence-electron chi connectivity index (χ2n) is 6.49. The van der Waals surface area contributed by atoms with Gasteiger partial charge in [-0.1, -0.05) is 11.6 Å². The number of aromatic nitrogens is 3. The van der Waals surface area contributed by atoms with Gasteiger partial charge in [0.25, 0.3) is 0 Å². The van der Waals surface area contributed by atoms with Crippen LogP contribution in [0.1, 0.15) is 5.69 Å². The molecule has 2 aliphatic heterocycles. The maximum absolute atomic E-state index is 6.20. The van der Waals surface area contributed by atoms with Gasteiger partial charge in [-0.25, -0.2) is 9.97 Å². The van der Waals surface area contributed by atoms with Crippen molar-refractivity contribution in [2.45, 2.75) is 13.5 Å². The highest BCUT2D eigenvalue weighted by Crippen LogP contribution is 2.37. The fourth-order valence-electron chi connectivity index (χ4n) is 3.11. The van der Waals surface area contributed by atoms with Crippen molar-refractivity contribution in [3.05, 3.63) is 47.2 Å². The Hall–Kier alpha value is -2.17. The summed E-state index contributed by atoms with van der Waals surface area (Å²) in [5.74, 6) is 0. The molecule has 4 rings (SSSR count). The van der Waals surface area contributed by atoms with Crippen LogP contribution in [0, 0.1) is 6.92 Å². The fraction of sp³-hybridized carbons (Fsp3) is 0.263. The van der Waals surface area contributed by atoms with Gasteiger partial charge in [-0.3, -0.25) is 0 Å². The van der Waals surface area contributed by atoms with Crippen LogP contribution in [0.25, 0.3) is 33.2 Å². The zero-order valence-electron chi connectivity index (χ0n) is 14.0. The average Bonchev–Trinajstić information content (AvgIpc) is 2.90. The Labute approximate surface area is 146 Å². The molecule has 0 N–H and O–H groups in total. The van der Waals surface area contributed by atoms with Gasteiger partial charge < -0.3 is 9.47 Å². The summed E-state index contributed by atoms with van der Waals surface area (Å²) < 4.78 is 2.23. The quantitative estimate of drug-likeness (QED) is 0.561. The fourth-order valence-corrected chi connectivity index (χ4v) is 3.28. The lowest BCUT2D eigenvalue weighted by Gasteiger charge is -2.16. The smallest absolute Gasteiger partial charge is 0.142 e. The monoisotopic (exact) mass is 338 g/mol. The summed E-state index contributed by atoms with van der Waals surface area (Å²) in [5.41, 5.74) is 5.10. The number of hydrogen-bond acceptors (Lipinski definition) is 3. The predicted molar refractivity (Wildman–Crippen MR) is 100.0 cm³/mol. The number of hydrogen-bond donors (Lipinski definition) is 0. The van der Waals surface area contributed by atoms with Gasteiger partial charge in [-0.15, -0.1) is 0 Å². The summed E-state index contributed by atoms with van der Waals surface area (Å²) >= 11 is 6.20. The highest BCUT2D eigenvalue weighted by atomic mass is 35.5. The van der Waals surface area contributed by atoms with E-state index in [2.05, 4.69) is 35.8 Å². The van der Waals surface area contributed by atoms with E-state index in [1.54, 1.807) is 0 Å². The van der Waals surface area contributed by atoms with Gasteiger partial charge in [0.15, 0.2) is 0 Å². The van der Waals surface area contributed by atoms with Gasteiger partial charge in [-0.2, -0.15) is 0 Å². The van der Waals surface area contributed by atoms with Crippen molar-refractivity contribution in [1.29, 1.82) is 0 Å². The molecule has 0 bridgehead atoms. The second-order valence-corrected chi connectivity index (χ2v) is 6.92. The van der Waals surface area contributed by atoms with Crippen molar-refractivity contribution in [2.24, 2.45) is 0 Å². The van der Waals surface area contributed by atoms with E-state index < -0.39 is 0 Å². The molecule has 5 heteroatoms. The van der Waals surface area contributed by atoms with E-state index in [9.17, 15) is 0 Å². The first-order valence-corrected chi connectivity index (χ1v) is 8.41. The van der Waals surface area contributed by atoms with Crippen LogP contribution in [-0.4, -0.2) is 40.1 Å². The van der Waals surface area contributed by atoms with Crippen LogP contribution >= 0.6 is 11.6 Å².